The predicted molar refractivity (Wildman–Crippen MR) is 47.8 cm³/mol. The van der Waals surface area contributed by atoms with Gasteiger partial charge in [-0.3, -0.25) is 0 Å². The number of hydroxylamine groups is 2. The minimum absolute atomic E-state index is 0.974. The van der Waals surface area contributed by atoms with Crippen LogP contribution < -0.4 is 5.06 Å². The Labute approximate surface area is 74.8 Å². The fourth-order valence-electron chi connectivity index (χ4n) is 2.86. The van der Waals surface area contributed by atoms with Gasteiger partial charge in [0.15, 0.2) is 0 Å². The first-order valence-electron chi connectivity index (χ1n) is 5.29. The lowest BCUT2D eigenvalue weighted by molar-refractivity contribution is -1.09. The van der Waals surface area contributed by atoms with E-state index in [9.17, 15) is 0 Å². The molecule has 3 unspecified atom stereocenters. The summed E-state index contributed by atoms with van der Waals surface area (Å²) < 4.78 is 0. The van der Waals surface area contributed by atoms with Gasteiger partial charge in [0.1, 0.15) is 13.1 Å². The van der Waals surface area contributed by atoms with Gasteiger partial charge in [-0.1, -0.05) is 12.8 Å². The van der Waals surface area contributed by atoms with Crippen LogP contribution in [0.5, 0.6) is 0 Å². The summed E-state index contributed by atoms with van der Waals surface area (Å²) in [6.45, 7) is 2.50. The van der Waals surface area contributed by atoms with Crippen LogP contribution in [-0.2, 0) is 4.84 Å². The lowest BCUT2D eigenvalue weighted by Gasteiger charge is -2.36. The third-order valence-electron chi connectivity index (χ3n) is 3.64. The van der Waals surface area contributed by atoms with Gasteiger partial charge in [-0.25, -0.2) is 4.84 Å². The van der Waals surface area contributed by atoms with Crippen molar-refractivity contribution in [1.82, 2.24) is 0 Å². The van der Waals surface area contributed by atoms with E-state index in [1.807, 2.05) is 7.11 Å². The van der Waals surface area contributed by atoms with E-state index in [0.717, 1.165) is 11.8 Å². The molecule has 0 aromatic carbocycles. The minimum atomic E-state index is 0.974. The number of quaternary nitrogens is 1. The molecule has 2 aliphatic rings. The standard InChI is InChI=1S/C10H19NO/c1-12-11-7-6-9-4-2-3-5-10(9)8-11/h9-10H,2-8H2,1H3/p+1. The Morgan fingerprint density at radius 1 is 1.08 bits per heavy atom. The average Bonchev–Trinajstić information content (AvgIpc) is 2.17. The van der Waals surface area contributed by atoms with Crippen LogP contribution in [0.2, 0.25) is 0 Å². The Hall–Kier alpha value is -0.0800. The largest absolute Gasteiger partial charge is 0.208 e. The molecular weight excluding hydrogens is 150 g/mol. The van der Waals surface area contributed by atoms with Gasteiger partial charge in [-0.2, -0.15) is 5.06 Å². The van der Waals surface area contributed by atoms with Gasteiger partial charge in [-0.15, -0.1) is 0 Å². The van der Waals surface area contributed by atoms with Gasteiger partial charge in [0.25, 0.3) is 0 Å². The molecule has 2 rings (SSSR count). The van der Waals surface area contributed by atoms with Crippen LogP contribution in [0.25, 0.3) is 0 Å². The Morgan fingerprint density at radius 3 is 2.58 bits per heavy atom. The first-order valence-corrected chi connectivity index (χ1v) is 5.29. The van der Waals surface area contributed by atoms with Crippen molar-refractivity contribution in [2.24, 2.45) is 11.8 Å². The first-order chi connectivity index (χ1) is 5.90. The number of rotatable bonds is 1. The van der Waals surface area contributed by atoms with Crippen molar-refractivity contribution in [2.75, 3.05) is 20.2 Å². The van der Waals surface area contributed by atoms with Crippen LogP contribution in [0.3, 0.4) is 0 Å². The molecule has 70 valence electrons. The molecule has 2 nitrogen and oxygen atoms in total. The van der Waals surface area contributed by atoms with E-state index in [0.29, 0.717) is 0 Å². The zero-order valence-electron chi connectivity index (χ0n) is 8.01. The summed E-state index contributed by atoms with van der Waals surface area (Å²) >= 11 is 0. The minimum Gasteiger partial charge on any atom is -0.208 e. The highest BCUT2D eigenvalue weighted by molar-refractivity contribution is 4.76. The quantitative estimate of drug-likeness (QED) is 0.610. The van der Waals surface area contributed by atoms with Gasteiger partial charge >= 0.3 is 0 Å². The monoisotopic (exact) mass is 170 g/mol. The van der Waals surface area contributed by atoms with Gasteiger partial charge in [-0.05, 0) is 18.8 Å². The lowest BCUT2D eigenvalue weighted by Crippen LogP contribution is -3.12. The van der Waals surface area contributed by atoms with Crippen LogP contribution in [0.4, 0.5) is 0 Å². The molecule has 2 fully saturated rings. The Kier molecular flexibility index (Phi) is 2.66. The second kappa shape index (κ2) is 3.75. The first kappa shape index (κ1) is 8.52. The molecule has 0 aromatic rings. The summed E-state index contributed by atoms with van der Waals surface area (Å²) in [5.41, 5.74) is 0. The molecule has 1 aliphatic carbocycles. The van der Waals surface area contributed by atoms with Crippen molar-refractivity contribution in [1.29, 1.82) is 0 Å². The Balaban J connectivity index is 1.90. The van der Waals surface area contributed by atoms with Crippen molar-refractivity contribution < 1.29 is 9.90 Å². The normalized spacial score (nSPS) is 42.2. The number of piperidine rings is 1. The Morgan fingerprint density at radius 2 is 1.83 bits per heavy atom. The molecule has 1 saturated heterocycles. The molecule has 0 radical (unpaired) electrons. The molecule has 0 amide bonds. The predicted octanol–water partition coefficient (Wildman–Crippen LogP) is 0.643. The molecule has 2 heteroatoms. The molecule has 0 spiro atoms. The van der Waals surface area contributed by atoms with Crippen molar-refractivity contribution in [2.45, 2.75) is 32.1 Å². The highest BCUT2D eigenvalue weighted by Crippen LogP contribution is 2.32. The SMILES string of the molecule is CO[NH+]1CCC2CCCCC2C1. The number of hydrogen-bond donors (Lipinski definition) is 1. The number of fused-ring (bicyclic) bond motifs is 1. The summed E-state index contributed by atoms with van der Waals surface area (Å²) in [6, 6.07) is 0. The van der Waals surface area contributed by atoms with Gasteiger partial charge < -0.3 is 0 Å². The second-order valence-electron chi connectivity index (χ2n) is 4.29. The molecule has 1 N–H and O–H groups in total. The topological polar surface area (TPSA) is 13.7 Å². The van der Waals surface area contributed by atoms with E-state index < -0.39 is 0 Å². The Bertz CT molecular complexity index is 149. The molecule has 12 heavy (non-hydrogen) atoms. The zero-order valence-corrected chi connectivity index (χ0v) is 8.01. The van der Waals surface area contributed by atoms with Crippen molar-refractivity contribution >= 4 is 0 Å². The highest BCUT2D eigenvalue weighted by atomic mass is 16.7. The maximum Gasteiger partial charge on any atom is 0.110 e. The van der Waals surface area contributed by atoms with Crippen LogP contribution in [0.15, 0.2) is 0 Å². The summed E-state index contributed by atoms with van der Waals surface area (Å²) in [4.78, 5) is 5.36. The zero-order chi connectivity index (χ0) is 8.39. The van der Waals surface area contributed by atoms with Gasteiger partial charge in [0.2, 0.25) is 0 Å². The third kappa shape index (κ3) is 1.64. The fraction of sp³-hybridized carbons (Fsp3) is 1.00. The van der Waals surface area contributed by atoms with E-state index in [1.54, 1.807) is 0 Å². The van der Waals surface area contributed by atoms with E-state index >= 15 is 0 Å². The summed E-state index contributed by atoms with van der Waals surface area (Å²) in [6.07, 6.45) is 7.27. The van der Waals surface area contributed by atoms with Crippen LogP contribution in [-0.4, -0.2) is 20.2 Å². The molecule has 1 aliphatic heterocycles. The molecule has 1 heterocycles. The van der Waals surface area contributed by atoms with E-state index in [4.69, 9.17) is 4.84 Å². The maximum atomic E-state index is 5.36. The number of hydrogen-bond acceptors (Lipinski definition) is 1. The van der Waals surface area contributed by atoms with Gasteiger partial charge in [0, 0.05) is 12.3 Å². The highest BCUT2D eigenvalue weighted by Gasteiger charge is 2.33. The third-order valence-corrected chi connectivity index (χ3v) is 3.64. The van der Waals surface area contributed by atoms with E-state index in [2.05, 4.69) is 0 Å². The fourth-order valence-corrected chi connectivity index (χ4v) is 2.86. The summed E-state index contributed by atoms with van der Waals surface area (Å²) in [5.74, 6) is 2.01. The second-order valence-corrected chi connectivity index (χ2v) is 4.29. The van der Waals surface area contributed by atoms with Crippen molar-refractivity contribution in [3.63, 3.8) is 0 Å². The van der Waals surface area contributed by atoms with Crippen molar-refractivity contribution in [3.8, 4) is 0 Å². The molecular formula is C10H20NO+. The van der Waals surface area contributed by atoms with Gasteiger partial charge in [0.05, 0.1) is 7.11 Å². The number of nitrogens with one attached hydrogen (secondary N) is 1. The lowest BCUT2D eigenvalue weighted by atomic mass is 9.75. The summed E-state index contributed by atoms with van der Waals surface area (Å²) in [7, 11) is 1.83. The maximum absolute atomic E-state index is 5.36. The van der Waals surface area contributed by atoms with Crippen molar-refractivity contribution in [3.05, 3.63) is 0 Å². The molecule has 3 atom stereocenters. The van der Waals surface area contributed by atoms with Crippen LogP contribution >= 0.6 is 0 Å². The molecule has 0 bridgehead atoms. The molecule has 0 aromatic heterocycles. The van der Waals surface area contributed by atoms with Crippen LogP contribution in [0, 0.1) is 11.8 Å². The summed E-state index contributed by atoms with van der Waals surface area (Å²) in [5, 5.41) is 1.36. The van der Waals surface area contributed by atoms with E-state index in [1.165, 1.54) is 50.3 Å². The average molecular weight is 170 g/mol. The smallest absolute Gasteiger partial charge is 0.110 e. The molecule has 1 saturated carbocycles. The van der Waals surface area contributed by atoms with Crippen LogP contribution in [0.1, 0.15) is 32.1 Å². The van der Waals surface area contributed by atoms with E-state index in [-0.39, 0.29) is 0 Å².